The van der Waals surface area contributed by atoms with Crippen LogP contribution in [-0.4, -0.2) is 47.7 Å². The van der Waals surface area contributed by atoms with Crippen molar-refractivity contribution >= 4 is 17.4 Å². The lowest BCUT2D eigenvalue weighted by Gasteiger charge is -2.14. The zero-order valence-corrected chi connectivity index (χ0v) is 23.1. The lowest BCUT2D eigenvalue weighted by Crippen LogP contribution is -2.22. The van der Waals surface area contributed by atoms with Crippen LogP contribution in [0.5, 0.6) is 5.75 Å². The quantitative estimate of drug-likeness (QED) is 0.112. The Balaban J connectivity index is 1.15. The van der Waals surface area contributed by atoms with Crippen molar-refractivity contribution in [2.45, 2.75) is 57.7 Å². The summed E-state index contributed by atoms with van der Waals surface area (Å²) in [5.74, 6) is 0.0393. The van der Waals surface area contributed by atoms with Gasteiger partial charge in [0.15, 0.2) is 0 Å². The van der Waals surface area contributed by atoms with E-state index in [1.807, 2.05) is 48.5 Å². The second kappa shape index (κ2) is 18.0. The maximum absolute atomic E-state index is 12.2. The molecule has 0 radical (unpaired) electrons. The lowest BCUT2D eigenvalue weighted by molar-refractivity contribution is 0.126. The number of hydrogen-bond acceptors (Lipinski definition) is 6. The largest absolute Gasteiger partial charge is 0.508 e. The number of carbonyl (C=O) groups is 1. The molecule has 3 rings (SSSR count). The first-order valence-electron chi connectivity index (χ1n) is 14.2. The van der Waals surface area contributed by atoms with E-state index in [1.165, 1.54) is 11.6 Å². The minimum absolute atomic E-state index is 0.0393. The third-order valence-electron chi connectivity index (χ3n) is 6.61. The highest BCUT2D eigenvalue weighted by molar-refractivity contribution is 5.99. The molecule has 3 aromatic rings. The van der Waals surface area contributed by atoms with Crippen molar-refractivity contribution in [3.05, 3.63) is 89.5 Å². The summed E-state index contributed by atoms with van der Waals surface area (Å²) in [5.41, 5.74) is 3.83. The number of hydrogen-bond donors (Lipinski definition) is 6. The van der Waals surface area contributed by atoms with Crippen LogP contribution in [0.15, 0.2) is 72.8 Å². The van der Waals surface area contributed by atoms with E-state index in [9.17, 15) is 20.1 Å². The van der Waals surface area contributed by atoms with Crippen LogP contribution in [0, 0.1) is 0 Å². The molecule has 0 aliphatic rings. The molecule has 1 atom stereocenters. The average molecular weight is 550 g/mol. The van der Waals surface area contributed by atoms with E-state index in [2.05, 4.69) is 22.0 Å². The molecule has 6 N–H and O–H groups in total. The molecule has 0 aromatic heterocycles. The summed E-state index contributed by atoms with van der Waals surface area (Å²) >= 11 is 0. The van der Waals surface area contributed by atoms with Crippen molar-refractivity contribution in [1.82, 2.24) is 5.32 Å². The first-order chi connectivity index (χ1) is 19.5. The van der Waals surface area contributed by atoms with E-state index in [0.717, 1.165) is 76.1 Å². The molecule has 0 saturated heterocycles. The summed E-state index contributed by atoms with van der Waals surface area (Å²) in [6.07, 6.45) is 6.59. The first kappa shape index (κ1) is 31.1. The maximum Gasteiger partial charge on any atom is 0.323 e. The molecule has 0 fully saturated rings. The average Bonchev–Trinajstić information content (AvgIpc) is 2.96. The number of unbranched alkanes of at least 4 members (excludes halogenated alkanes) is 4. The SMILES string of the molecule is O=C(Nc1ccccc1)Nc1cccc(CCCCOCCCCCCNCC(O)c2ccc(O)c(CO)c2)c1. The number of phenols is 1. The minimum Gasteiger partial charge on any atom is -0.508 e. The van der Waals surface area contributed by atoms with E-state index in [0.29, 0.717) is 17.7 Å². The van der Waals surface area contributed by atoms with Crippen molar-refractivity contribution in [2.24, 2.45) is 0 Å². The molecule has 1 unspecified atom stereocenters. The Hall–Kier alpha value is -3.43. The van der Waals surface area contributed by atoms with Crippen LogP contribution in [0.1, 0.15) is 61.3 Å². The molecule has 0 spiro atoms. The predicted octanol–water partition coefficient (Wildman–Crippen LogP) is 5.75. The van der Waals surface area contributed by atoms with Gasteiger partial charge in [0, 0.05) is 36.7 Å². The number of aryl methyl sites for hydroxylation is 1. The minimum atomic E-state index is -0.675. The fourth-order valence-electron chi connectivity index (χ4n) is 4.36. The van der Waals surface area contributed by atoms with E-state index in [-0.39, 0.29) is 18.4 Å². The van der Waals surface area contributed by atoms with Gasteiger partial charge in [-0.15, -0.1) is 0 Å². The number of para-hydroxylation sites is 1. The van der Waals surface area contributed by atoms with Gasteiger partial charge in [0.05, 0.1) is 12.7 Å². The van der Waals surface area contributed by atoms with Crippen LogP contribution in [-0.2, 0) is 17.8 Å². The zero-order chi connectivity index (χ0) is 28.4. The Labute approximate surface area is 237 Å². The van der Waals surface area contributed by atoms with Crippen LogP contribution in [0.3, 0.4) is 0 Å². The van der Waals surface area contributed by atoms with Gasteiger partial charge < -0.3 is 36.0 Å². The van der Waals surface area contributed by atoms with Crippen LogP contribution in [0.2, 0.25) is 0 Å². The number of aliphatic hydroxyl groups excluding tert-OH is 2. The second-order valence-corrected chi connectivity index (χ2v) is 9.90. The number of amides is 2. The number of carbonyl (C=O) groups excluding carboxylic acids is 1. The lowest BCUT2D eigenvalue weighted by atomic mass is 10.1. The number of urea groups is 1. The fourth-order valence-corrected chi connectivity index (χ4v) is 4.36. The summed E-state index contributed by atoms with van der Waals surface area (Å²) in [6.45, 7) is 2.54. The topological polar surface area (TPSA) is 123 Å². The van der Waals surface area contributed by atoms with Crippen molar-refractivity contribution in [3.63, 3.8) is 0 Å². The standard InChI is InChI=1S/C32H43N3O5/c36-24-27-22-26(16-17-30(27)37)31(38)23-33-18-7-1-2-8-19-40-20-9-6-11-25-12-10-15-29(21-25)35-32(39)34-28-13-4-3-5-14-28/h3-5,10,12-17,21-22,31,33,36-38H,1-2,6-9,11,18-20,23-24H2,(H2,34,35,39). The molecular formula is C32H43N3O5. The molecule has 3 aromatic carbocycles. The van der Waals surface area contributed by atoms with Gasteiger partial charge in [-0.1, -0.05) is 49.2 Å². The fraction of sp³-hybridized carbons (Fsp3) is 0.406. The van der Waals surface area contributed by atoms with Gasteiger partial charge in [0.1, 0.15) is 5.75 Å². The Morgan fingerprint density at radius 1 is 0.800 bits per heavy atom. The number of ether oxygens (including phenoxy) is 1. The number of nitrogens with one attached hydrogen (secondary N) is 3. The molecular weight excluding hydrogens is 506 g/mol. The van der Waals surface area contributed by atoms with Crippen LogP contribution < -0.4 is 16.0 Å². The Morgan fingerprint density at radius 3 is 2.33 bits per heavy atom. The highest BCUT2D eigenvalue weighted by Crippen LogP contribution is 2.22. The number of aliphatic hydroxyl groups is 2. The second-order valence-electron chi connectivity index (χ2n) is 9.90. The maximum atomic E-state index is 12.2. The molecule has 8 nitrogen and oxygen atoms in total. The molecule has 40 heavy (non-hydrogen) atoms. The van der Waals surface area contributed by atoms with Crippen LogP contribution in [0.25, 0.3) is 0 Å². The van der Waals surface area contributed by atoms with Crippen molar-refractivity contribution in [1.29, 1.82) is 0 Å². The van der Waals surface area contributed by atoms with Crippen molar-refractivity contribution in [3.8, 4) is 5.75 Å². The van der Waals surface area contributed by atoms with Gasteiger partial charge in [0.25, 0.3) is 0 Å². The molecule has 216 valence electrons. The normalized spacial score (nSPS) is 11.8. The summed E-state index contributed by atoms with van der Waals surface area (Å²) in [6, 6.07) is 21.9. The first-order valence-corrected chi connectivity index (χ1v) is 14.2. The van der Waals surface area contributed by atoms with Gasteiger partial charge in [0.2, 0.25) is 0 Å². The third-order valence-corrected chi connectivity index (χ3v) is 6.61. The molecule has 0 heterocycles. The Kier molecular flexibility index (Phi) is 14.0. The Morgan fingerprint density at radius 2 is 1.52 bits per heavy atom. The van der Waals surface area contributed by atoms with Crippen LogP contribution >= 0.6 is 0 Å². The van der Waals surface area contributed by atoms with Crippen LogP contribution in [0.4, 0.5) is 16.2 Å². The van der Waals surface area contributed by atoms with E-state index in [1.54, 1.807) is 12.1 Å². The van der Waals surface area contributed by atoms with E-state index >= 15 is 0 Å². The van der Waals surface area contributed by atoms with Gasteiger partial charge in [-0.3, -0.25) is 0 Å². The molecule has 2 amide bonds. The highest BCUT2D eigenvalue weighted by Gasteiger charge is 2.10. The molecule has 0 bridgehead atoms. The summed E-state index contributed by atoms with van der Waals surface area (Å²) in [4.78, 5) is 12.2. The predicted molar refractivity (Wildman–Crippen MR) is 160 cm³/mol. The van der Waals surface area contributed by atoms with Crippen molar-refractivity contribution < 1.29 is 24.9 Å². The molecule has 0 saturated carbocycles. The van der Waals surface area contributed by atoms with Gasteiger partial charge in [-0.05, 0) is 86.2 Å². The molecule has 8 heteroatoms. The van der Waals surface area contributed by atoms with Gasteiger partial charge in [-0.2, -0.15) is 0 Å². The molecule has 0 aliphatic carbocycles. The number of benzene rings is 3. The number of anilines is 2. The van der Waals surface area contributed by atoms with E-state index in [4.69, 9.17) is 4.74 Å². The summed E-state index contributed by atoms with van der Waals surface area (Å²) < 4.78 is 5.79. The van der Waals surface area contributed by atoms with E-state index < -0.39 is 6.10 Å². The number of aromatic hydroxyl groups is 1. The third kappa shape index (κ3) is 11.8. The summed E-state index contributed by atoms with van der Waals surface area (Å²) in [5, 5.41) is 38.1. The smallest absolute Gasteiger partial charge is 0.323 e. The zero-order valence-electron chi connectivity index (χ0n) is 23.1. The number of rotatable bonds is 18. The van der Waals surface area contributed by atoms with Crippen molar-refractivity contribution in [2.75, 3.05) is 36.9 Å². The van der Waals surface area contributed by atoms with Gasteiger partial charge in [-0.25, -0.2) is 4.79 Å². The molecule has 0 aliphatic heterocycles. The monoisotopic (exact) mass is 549 g/mol. The highest BCUT2D eigenvalue weighted by atomic mass is 16.5. The summed E-state index contributed by atoms with van der Waals surface area (Å²) in [7, 11) is 0. The Bertz CT molecular complexity index is 1140. The van der Waals surface area contributed by atoms with Gasteiger partial charge >= 0.3 is 6.03 Å².